The number of benzene rings is 1. The lowest BCUT2D eigenvalue weighted by Gasteiger charge is -2.29. The Labute approximate surface area is 90.3 Å². The van der Waals surface area contributed by atoms with Crippen molar-refractivity contribution >= 4 is 17.4 Å². The number of anilines is 1. The van der Waals surface area contributed by atoms with Crippen LogP contribution in [-0.4, -0.2) is 11.8 Å². The summed E-state index contributed by atoms with van der Waals surface area (Å²) in [6.45, 7) is 7.88. The molecule has 76 valence electrons. The number of hydrogen-bond donors (Lipinski definition) is 1. The lowest BCUT2D eigenvalue weighted by atomic mass is 10.1. The third-order valence-electron chi connectivity index (χ3n) is 2.72. The molecule has 0 bridgehead atoms. The highest BCUT2D eigenvalue weighted by Crippen LogP contribution is 2.39. The van der Waals surface area contributed by atoms with Crippen LogP contribution < -0.4 is 5.32 Å². The number of nitrogens with one attached hydrogen (secondary N) is 1. The minimum atomic E-state index is 0.712. The van der Waals surface area contributed by atoms with Crippen molar-refractivity contribution in [2.24, 2.45) is 5.92 Å². The Morgan fingerprint density at radius 1 is 1.43 bits per heavy atom. The van der Waals surface area contributed by atoms with Gasteiger partial charge in [-0.25, -0.2) is 0 Å². The fourth-order valence-corrected chi connectivity index (χ4v) is 2.99. The second kappa shape index (κ2) is 3.85. The third-order valence-corrected chi connectivity index (χ3v) is 4.51. The van der Waals surface area contributed by atoms with Gasteiger partial charge in [0.1, 0.15) is 0 Å². The Morgan fingerprint density at radius 3 is 2.93 bits per heavy atom. The minimum Gasteiger partial charge on any atom is -0.383 e. The molecule has 14 heavy (non-hydrogen) atoms. The van der Waals surface area contributed by atoms with Crippen molar-refractivity contribution in [1.29, 1.82) is 0 Å². The van der Waals surface area contributed by atoms with E-state index in [1.807, 2.05) is 11.8 Å². The number of rotatable bonds is 1. The second-order valence-corrected chi connectivity index (χ2v) is 5.48. The first kappa shape index (κ1) is 9.91. The van der Waals surface area contributed by atoms with Crippen LogP contribution in [0.1, 0.15) is 19.4 Å². The molecule has 0 spiro atoms. The maximum atomic E-state index is 3.51. The zero-order chi connectivity index (χ0) is 10.1. The molecule has 0 aliphatic carbocycles. The van der Waals surface area contributed by atoms with Gasteiger partial charge >= 0.3 is 0 Å². The summed E-state index contributed by atoms with van der Waals surface area (Å²) >= 11 is 2.03. The first-order valence-corrected chi connectivity index (χ1v) is 6.06. The van der Waals surface area contributed by atoms with Gasteiger partial charge in [-0.3, -0.25) is 0 Å². The lowest BCUT2D eigenvalue weighted by Crippen LogP contribution is -2.26. The number of thioether (sulfide) groups is 1. The fourth-order valence-electron chi connectivity index (χ4n) is 1.72. The quantitative estimate of drug-likeness (QED) is 0.756. The average molecular weight is 207 g/mol. The van der Waals surface area contributed by atoms with E-state index in [-0.39, 0.29) is 0 Å². The topological polar surface area (TPSA) is 12.0 Å². The normalized spacial score (nSPS) is 20.4. The molecule has 1 N–H and O–H groups in total. The van der Waals surface area contributed by atoms with Crippen LogP contribution in [0.2, 0.25) is 0 Å². The van der Waals surface area contributed by atoms with E-state index >= 15 is 0 Å². The number of fused-ring (bicyclic) bond motifs is 1. The smallest absolute Gasteiger partial charge is 0.0481 e. The maximum absolute atomic E-state index is 3.51. The molecule has 0 amide bonds. The van der Waals surface area contributed by atoms with E-state index in [1.165, 1.54) is 16.1 Å². The number of hydrogen-bond acceptors (Lipinski definition) is 2. The van der Waals surface area contributed by atoms with E-state index in [4.69, 9.17) is 0 Å². The molecule has 2 heteroatoms. The molecule has 1 atom stereocenters. The molecule has 1 nitrogen and oxygen atoms in total. The molecular weight excluding hydrogens is 190 g/mol. The molecule has 0 aromatic heterocycles. The maximum Gasteiger partial charge on any atom is 0.0481 e. The first-order valence-electron chi connectivity index (χ1n) is 5.18. The van der Waals surface area contributed by atoms with Crippen LogP contribution in [0.3, 0.4) is 0 Å². The van der Waals surface area contributed by atoms with E-state index in [1.54, 1.807) is 0 Å². The highest BCUT2D eigenvalue weighted by Gasteiger charge is 2.22. The molecule has 1 aliphatic heterocycles. The Morgan fingerprint density at radius 2 is 2.21 bits per heavy atom. The SMILES string of the molecule is Cc1cccc2c1SC(C(C)C)CN2. The van der Waals surface area contributed by atoms with Crippen LogP contribution in [0.4, 0.5) is 5.69 Å². The van der Waals surface area contributed by atoms with Crippen molar-refractivity contribution in [3.05, 3.63) is 23.8 Å². The summed E-state index contributed by atoms with van der Waals surface area (Å²) in [5, 5.41) is 4.23. The molecular formula is C12H17NS. The van der Waals surface area contributed by atoms with Gasteiger partial charge in [0.05, 0.1) is 0 Å². The van der Waals surface area contributed by atoms with E-state index in [9.17, 15) is 0 Å². The summed E-state index contributed by atoms with van der Waals surface area (Å²) in [6, 6.07) is 6.49. The standard InChI is InChI=1S/C12H17NS/c1-8(2)11-7-13-10-6-4-5-9(3)12(10)14-11/h4-6,8,11,13H,7H2,1-3H3. The summed E-state index contributed by atoms with van der Waals surface area (Å²) in [6.07, 6.45) is 0. The predicted octanol–water partition coefficient (Wildman–Crippen LogP) is 3.54. The third kappa shape index (κ3) is 1.76. The van der Waals surface area contributed by atoms with Crippen LogP contribution >= 0.6 is 11.8 Å². The van der Waals surface area contributed by atoms with Gasteiger partial charge in [-0.1, -0.05) is 26.0 Å². The first-order chi connectivity index (χ1) is 6.68. The summed E-state index contributed by atoms with van der Waals surface area (Å²) in [5.41, 5.74) is 2.71. The average Bonchev–Trinajstić information content (AvgIpc) is 2.18. The number of aryl methyl sites for hydroxylation is 1. The van der Waals surface area contributed by atoms with Gasteiger partial charge in [-0.15, -0.1) is 11.8 Å². The summed E-state index contributed by atoms with van der Waals surface area (Å²) in [4.78, 5) is 1.44. The second-order valence-electron chi connectivity index (χ2n) is 4.23. The highest BCUT2D eigenvalue weighted by atomic mass is 32.2. The summed E-state index contributed by atoms with van der Waals surface area (Å²) in [7, 11) is 0. The van der Waals surface area contributed by atoms with Crippen molar-refractivity contribution in [3.63, 3.8) is 0 Å². The van der Waals surface area contributed by atoms with Gasteiger partial charge in [-0.2, -0.15) is 0 Å². The Bertz CT molecular complexity index is 333. The van der Waals surface area contributed by atoms with Crippen molar-refractivity contribution in [3.8, 4) is 0 Å². The van der Waals surface area contributed by atoms with Gasteiger partial charge in [0.2, 0.25) is 0 Å². The Balaban J connectivity index is 2.29. The van der Waals surface area contributed by atoms with Gasteiger partial charge in [0.15, 0.2) is 0 Å². The molecule has 1 aromatic carbocycles. The van der Waals surface area contributed by atoms with Crippen LogP contribution in [0, 0.1) is 12.8 Å². The molecule has 2 rings (SSSR count). The summed E-state index contributed by atoms with van der Waals surface area (Å²) in [5.74, 6) is 0.736. The predicted molar refractivity (Wildman–Crippen MR) is 64.2 cm³/mol. The zero-order valence-corrected chi connectivity index (χ0v) is 9.82. The van der Waals surface area contributed by atoms with Gasteiger partial charge in [0.25, 0.3) is 0 Å². The van der Waals surface area contributed by atoms with Crippen molar-refractivity contribution in [1.82, 2.24) is 0 Å². The van der Waals surface area contributed by atoms with E-state index < -0.39 is 0 Å². The zero-order valence-electron chi connectivity index (χ0n) is 9.00. The van der Waals surface area contributed by atoms with Gasteiger partial charge in [-0.05, 0) is 24.5 Å². The van der Waals surface area contributed by atoms with E-state index in [0.717, 1.165) is 12.5 Å². The molecule has 0 saturated carbocycles. The van der Waals surface area contributed by atoms with Crippen molar-refractivity contribution < 1.29 is 0 Å². The Hall–Kier alpha value is -0.630. The van der Waals surface area contributed by atoms with Crippen molar-refractivity contribution in [2.75, 3.05) is 11.9 Å². The Kier molecular flexibility index (Phi) is 2.73. The molecule has 1 unspecified atom stereocenters. The van der Waals surface area contributed by atoms with Crippen LogP contribution in [0.25, 0.3) is 0 Å². The van der Waals surface area contributed by atoms with E-state index in [2.05, 4.69) is 44.3 Å². The van der Waals surface area contributed by atoms with E-state index in [0.29, 0.717) is 5.25 Å². The monoisotopic (exact) mass is 207 g/mol. The van der Waals surface area contributed by atoms with Gasteiger partial charge in [0, 0.05) is 22.4 Å². The largest absolute Gasteiger partial charge is 0.383 e. The minimum absolute atomic E-state index is 0.712. The molecule has 0 radical (unpaired) electrons. The van der Waals surface area contributed by atoms with Crippen LogP contribution in [0.5, 0.6) is 0 Å². The van der Waals surface area contributed by atoms with Crippen LogP contribution in [0.15, 0.2) is 23.1 Å². The molecule has 0 fully saturated rings. The van der Waals surface area contributed by atoms with Crippen LogP contribution in [-0.2, 0) is 0 Å². The molecule has 1 aromatic rings. The highest BCUT2D eigenvalue weighted by molar-refractivity contribution is 8.00. The fraction of sp³-hybridized carbons (Fsp3) is 0.500. The molecule has 1 heterocycles. The molecule has 0 saturated heterocycles. The summed E-state index contributed by atoms with van der Waals surface area (Å²) < 4.78 is 0. The lowest BCUT2D eigenvalue weighted by molar-refractivity contribution is 0.619. The van der Waals surface area contributed by atoms with Gasteiger partial charge < -0.3 is 5.32 Å². The molecule has 1 aliphatic rings. The van der Waals surface area contributed by atoms with Crippen molar-refractivity contribution in [2.45, 2.75) is 30.9 Å².